The first-order valence-corrected chi connectivity index (χ1v) is 13.9. The van der Waals surface area contributed by atoms with Crippen molar-refractivity contribution >= 4 is 16.8 Å². The number of aromatic hydroxyl groups is 1. The van der Waals surface area contributed by atoms with Crippen LogP contribution in [0.4, 0.5) is 5.69 Å². The van der Waals surface area contributed by atoms with Gasteiger partial charge < -0.3 is 15.3 Å². The maximum Gasteiger partial charge on any atom is 0.115 e. The van der Waals surface area contributed by atoms with Crippen LogP contribution >= 0.6 is 0 Å². The van der Waals surface area contributed by atoms with Gasteiger partial charge in [0.1, 0.15) is 5.75 Å². The zero-order valence-corrected chi connectivity index (χ0v) is 21.3. The van der Waals surface area contributed by atoms with Crippen LogP contribution in [0.15, 0.2) is 72.8 Å². The molecule has 0 amide bonds. The Labute approximate surface area is 215 Å². The number of nitrogens with zero attached hydrogens (tertiary/aromatic N) is 1. The summed E-state index contributed by atoms with van der Waals surface area (Å²) in [5, 5.41) is 13.8. The van der Waals surface area contributed by atoms with Crippen LogP contribution in [0.2, 0.25) is 0 Å². The van der Waals surface area contributed by atoms with Gasteiger partial charge in [0.25, 0.3) is 0 Å². The van der Waals surface area contributed by atoms with Gasteiger partial charge in [-0.05, 0) is 121 Å². The lowest BCUT2D eigenvalue weighted by molar-refractivity contribution is 0.249. The van der Waals surface area contributed by atoms with Crippen molar-refractivity contribution in [3.05, 3.63) is 95.1 Å². The fourth-order valence-corrected chi connectivity index (χ4v) is 6.88. The summed E-state index contributed by atoms with van der Waals surface area (Å²) in [6, 6.07) is 26.1. The maximum atomic E-state index is 10.2. The Morgan fingerprint density at radius 1 is 0.750 bits per heavy atom. The molecule has 0 radical (unpaired) electrons. The van der Waals surface area contributed by atoms with Crippen LogP contribution < -0.4 is 10.2 Å². The van der Waals surface area contributed by atoms with Gasteiger partial charge in [0.2, 0.25) is 0 Å². The first kappa shape index (κ1) is 23.4. The highest BCUT2D eigenvalue weighted by Gasteiger charge is 2.34. The van der Waals surface area contributed by atoms with Gasteiger partial charge in [-0.25, -0.2) is 0 Å². The number of fused-ring (bicyclic) bond motifs is 1. The predicted molar refractivity (Wildman–Crippen MR) is 150 cm³/mol. The molecule has 0 aromatic heterocycles. The standard InChI is InChI=1S/C33H38N2O/c36-29-15-16-31-27(23-29)9-4-10-30(25-7-2-1-3-8-25)32(31)26-11-13-28(14-12-26)35-21-5-17-33(18-6-22-35)19-20-34-24-33/h1-3,7-8,11-16,23,34,36H,4-6,9-10,17-22,24H2. The zero-order chi connectivity index (χ0) is 24.4. The lowest BCUT2D eigenvalue weighted by Crippen LogP contribution is -2.33. The van der Waals surface area contributed by atoms with Crippen LogP contribution in [-0.4, -0.2) is 31.3 Å². The molecule has 3 aromatic rings. The normalized spacial score (nSPS) is 20.1. The van der Waals surface area contributed by atoms with Crippen molar-refractivity contribution in [1.29, 1.82) is 0 Å². The molecule has 6 rings (SSSR count). The molecule has 1 aliphatic carbocycles. The Kier molecular flexibility index (Phi) is 6.58. The number of benzene rings is 3. The summed E-state index contributed by atoms with van der Waals surface area (Å²) in [7, 11) is 0. The van der Waals surface area contributed by atoms with E-state index in [1.54, 1.807) is 0 Å². The molecule has 0 atom stereocenters. The molecular weight excluding hydrogens is 440 g/mol. The average Bonchev–Trinajstić information content (AvgIpc) is 3.28. The van der Waals surface area contributed by atoms with Gasteiger partial charge in [-0.1, -0.05) is 48.5 Å². The van der Waals surface area contributed by atoms with Crippen molar-refractivity contribution < 1.29 is 5.11 Å². The first-order valence-electron chi connectivity index (χ1n) is 13.9. The van der Waals surface area contributed by atoms with E-state index in [1.165, 1.54) is 84.3 Å². The number of aryl methyl sites for hydroxylation is 1. The number of rotatable bonds is 3. The van der Waals surface area contributed by atoms with Crippen molar-refractivity contribution in [2.75, 3.05) is 31.1 Å². The lowest BCUT2D eigenvalue weighted by atomic mass is 9.77. The van der Waals surface area contributed by atoms with Crippen molar-refractivity contribution in [3.63, 3.8) is 0 Å². The number of hydrogen-bond acceptors (Lipinski definition) is 3. The molecule has 186 valence electrons. The molecule has 2 heterocycles. The molecule has 3 heteroatoms. The second kappa shape index (κ2) is 10.1. The van der Waals surface area contributed by atoms with Crippen molar-refractivity contribution in [2.24, 2.45) is 5.41 Å². The van der Waals surface area contributed by atoms with Gasteiger partial charge in [-0.2, -0.15) is 0 Å². The minimum atomic E-state index is 0.360. The SMILES string of the molecule is Oc1ccc2c(c1)CCCC(c1ccccc1)=C2c1ccc(N2CCCC3(CCC2)CCNC3)cc1. The number of phenols is 1. The molecule has 3 nitrogen and oxygen atoms in total. The monoisotopic (exact) mass is 478 g/mol. The molecule has 2 saturated heterocycles. The van der Waals surface area contributed by atoms with E-state index >= 15 is 0 Å². The summed E-state index contributed by atoms with van der Waals surface area (Å²) in [6.45, 7) is 4.73. The Hall–Kier alpha value is -3.04. The molecule has 2 fully saturated rings. The minimum absolute atomic E-state index is 0.360. The third kappa shape index (κ3) is 4.69. The smallest absolute Gasteiger partial charge is 0.115 e. The second-order valence-electron chi connectivity index (χ2n) is 11.1. The summed E-state index contributed by atoms with van der Waals surface area (Å²) < 4.78 is 0. The number of anilines is 1. The lowest BCUT2D eigenvalue weighted by Gasteiger charge is -2.35. The fourth-order valence-electron chi connectivity index (χ4n) is 6.88. The number of phenolic OH excluding ortho intramolecular Hbond substituents is 1. The van der Waals surface area contributed by atoms with E-state index < -0.39 is 0 Å². The molecule has 0 saturated carbocycles. The Morgan fingerprint density at radius 3 is 2.25 bits per heavy atom. The Bertz CT molecular complexity index is 1210. The van der Waals surface area contributed by atoms with Crippen molar-refractivity contribution in [1.82, 2.24) is 5.32 Å². The predicted octanol–water partition coefficient (Wildman–Crippen LogP) is 7.05. The molecule has 3 aromatic carbocycles. The van der Waals surface area contributed by atoms with Crippen molar-refractivity contribution in [3.8, 4) is 5.75 Å². The van der Waals surface area contributed by atoms with Crippen LogP contribution in [0.25, 0.3) is 11.1 Å². The molecule has 36 heavy (non-hydrogen) atoms. The van der Waals surface area contributed by atoms with Gasteiger partial charge in [0, 0.05) is 25.3 Å². The van der Waals surface area contributed by atoms with Gasteiger partial charge >= 0.3 is 0 Å². The number of allylic oxidation sites excluding steroid dienone is 1. The Balaban J connectivity index is 1.32. The topological polar surface area (TPSA) is 35.5 Å². The average molecular weight is 479 g/mol. The van der Waals surface area contributed by atoms with Crippen LogP contribution in [0.5, 0.6) is 5.75 Å². The van der Waals surface area contributed by atoms with E-state index in [9.17, 15) is 5.11 Å². The molecule has 3 aliphatic rings. The quantitative estimate of drug-likeness (QED) is 0.423. The summed E-state index contributed by atoms with van der Waals surface area (Å²) in [4.78, 5) is 2.60. The Morgan fingerprint density at radius 2 is 1.53 bits per heavy atom. The van der Waals surface area contributed by atoms with Gasteiger partial charge in [0.05, 0.1) is 0 Å². The van der Waals surface area contributed by atoms with Crippen molar-refractivity contribution in [2.45, 2.75) is 51.4 Å². The molecular formula is C33H38N2O. The molecule has 2 N–H and O–H groups in total. The van der Waals surface area contributed by atoms with E-state index in [2.05, 4.69) is 70.9 Å². The first-order chi connectivity index (χ1) is 17.7. The summed E-state index contributed by atoms with van der Waals surface area (Å²) >= 11 is 0. The highest BCUT2D eigenvalue weighted by molar-refractivity contribution is 6.00. The van der Waals surface area contributed by atoms with Crippen LogP contribution in [-0.2, 0) is 6.42 Å². The molecule has 0 unspecified atom stereocenters. The van der Waals surface area contributed by atoms with Gasteiger partial charge in [-0.15, -0.1) is 0 Å². The van der Waals surface area contributed by atoms with E-state index in [-0.39, 0.29) is 0 Å². The third-order valence-electron chi connectivity index (χ3n) is 8.78. The third-order valence-corrected chi connectivity index (χ3v) is 8.78. The number of nitrogens with one attached hydrogen (secondary N) is 1. The summed E-state index contributed by atoms with van der Waals surface area (Å²) in [6.07, 6.45) is 9.75. The molecule has 2 aliphatic heterocycles. The van der Waals surface area contributed by atoms with Crippen LogP contribution in [0.3, 0.4) is 0 Å². The zero-order valence-electron chi connectivity index (χ0n) is 21.3. The van der Waals surface area contributed by atoms with Crippen LogP contribution in [0.1, 0.15) is 67.2 Å². The van der Waals surface area contributed by atoms with E-state index in [0.29, 0.717) is 11.2 Å². The van der Waals surface area contributed by atoms with Crippen LogP contribution in [0, 0.1) is 5.41 Å². The molecule has 0 bridgehead atoms. The highest BCUT2D eigenvalue weighted by Crippen LogP contribution is 2.41. The maximum absolute atomic E-state index is 10.2. The van der Waals surface area contributed by atoms with E-state index in [4.69, 9.17) is 0 Å². The summed E-state index contributed by atoms with van der Waals surface area (Å²) in [5.74, 6) is 0.360. The minimum Gasteiger partial charge on any atom is -0.508 e. The molecule has 1 spiro atoms. The largest absolute Gasteiger partial charge is 0.508 e. The summed E-state index contributed by atoms with van der Waals surface area (Å²) in [5.41, 5.74) is 9.74. The highest BCUT2D eigenvalue weighted by atomic mass is 16.3. The van der Waals surface area contributed by atoms with E-state index in [1.807, 2.05) is 12.1 Å². The van der Waals surface area contributed by atoms with Gasteiger partial charge in [0.15, 0.2) is 0 Å². The van der Waals surface area contributed by atoms with Gasteiger partial charge in [-0.3, -0.25) is 0 Å². The second-order valence-corrected chi connectivity index (χ2v) is 11.1. The fraction of sp³-hybridized carbons (Fsp3) is 0.394. The number of hydrogen-bond donors (Lipinski definition) is 2. The van der Waals surface area contributed by atoms with E-state index in [0.717, 1.165) is 32.4 Å².